The van der Waals surface area contributed by atoms with Crippen molar-refractivity contribution < 1.29 is 22.7 Å². The number of nitrogens with one attached hydrogen (secondary N) is 1. The van der Waals surface area contributed by atoms with E-state index >= 15 is 0 Å². The van der Waals surface area contributed by atoms with Gasteiger partial charge in [0.05, 0.1) is 25.3 Å². The highest BCUT2D eigenvalue weighted by Gasteiger charge is 2.60. The molecule has 3 heterocycles. The topological polar surface area (TPSA) is 99.3 Å². The van der Waals surface area contributed by atoms with Crippen molar-refractivity contribution in [1.82, 2.24) is 14.5 Å². The zero-order valence-electron chi connectivity index (χ0n) is 16.7. The molecule has 3 fully saturated rings. The van der Waals surface area contributed by atoms with E-state index in [9.17, 15) is 18.0 Å². The summed E-state index contributed by atoms with van der Waals surface area (Å²) in [7, 11) is -3.56. The van der Waals surface area contributed by atoms with Gasteiger partial charge in [0, 0.05) is 50.0 Å². The molecule has 164 valence electrons. The Morgan fingerprint density at radius 3 is 2.47 bits per heavy atom. The molecule has 4 rings (SSSR count). The molecule has 2 atom stereocenters. The molecular formula is C19H25ClN4O5S. The van der Waals surface area contributed by atoms with Gasteiger partial charge in [-0.25, -0.2) is 8.42 Å². The molecule has 0 radical (unpaired) electrons. The smallest absolute Gasteiger partial charge is 0.254 e. The summed E-state index contributed by atoms with van der Waals surface area (Å²) < 4.78 is 31.2. The highest BCUT2D eigenvalue weighted by atomic mass is 35.5. The van der Waals surface area contributed by atoms with Crippen LogP contribution in [0.4, 0.5) is 5.69 Å². The molecule has 9 nitrogen and oxygen atoms in total. The first kappa shape index (κ1) is 21.4. The largest absolute Gasteiger partial charge is 0.368 e. The number of piperazine rings is 1. The van der Waals surface area contributed by atoms with Crippen LogP contribution in [0.1, 0.15) is 0 Å². The molecule has 1 aromatic rings. The summed E-state index contributed by atoms with van der Waals surface area (Å²) in [6.45, 7) is 2.63. The fourth-order valence-electron chi connectivity index (χ4n) is 4.36. The van der Waals surface area contributed by atoms with Crippen LogP contribution < -0.4 is 10.2 Å². The van der Waals surface area contributed by atoms with E-state index in [0.29, 0.717) is 37.7 Å². The molecule has 3 aliphatic heterocycles. The van der Waals surface area contributed by atoms with Gasteiger partial charge in [-0.15, -0.1) is 0 Å². The molecule has 1 aromatic carbocycles. The molecule has 0 saturated carbocycles. The molecule has 3 aliphatic rings. The van der Waals surface area contributed by atoms with Crippen molar-refractivity contribution in [2.24, 2.45) is 5.92 Å². The number of anilines is 1. The maximum absolute atomic E-state index is 13.4. The number of hydrogen-bond donors (Lipinski definition) is 1. The molecule has 0 bridgehead atoms. The maximum atomic E-state index is 13.4. The number of carbonyl (C=O) groups is 2. The monoisotopic (exact) mass is 456 g/mol. The number of morpholine rings is 1. The van der Waals surface area contributed by atoms with E-state index in [4.69, 9.17) is 16.3 Å². The van der Waals surface area contributed by atoms with Crippen LogP contribution >= 0.6 is 11.6 Å². The third-order valence-corrected chi connectivity index (χ3v) is 7.51. The number of ether oxygens (including phenoxy) is 1. The van der Waals surface area contributed by atoms with Crippen LogP contribution in [0, 0.1) is 5.92 Å². The Morgan fingerprint density at radius 2 is 1.87 bits per heavy atom. The minimum absolute atomic E-state index is 0.0531. The summed E-state index contributed by atoms with van der Waals surface area (Å²) in [5.74, 6) is -1.53. The van der Waals surface area contributed by atoms with Crippen LogP contribution in [0.5, 0.6) is 0 Å². The highest BCUT2D eigenvalue weighted by molar-refractivity contribution is 7.88. The fourth-order valence-corrected chi connectivity index (χ4v) is 5.34. The standard InChI is InChI=1S/C19H25ClN4O5S/c1-30(27,28)24-12-16(19(13-24)18(26)21-6-11-29-19)17(25)23-9-7-22(8-10-23)15-4-2-14(20)3-5-15/h2-5,16H,6-13H2,1H3,(H,21,26)/t16-,19-/m1/s1. The SMILES string of the molecule is CS(=O)(=O)N1C[C@H](C(=O)N2CCN(c3ccc(Cl)cc3)CC2)[C@@]2(C1)OCCNC2=O. The van der Waals surface area contributed by atoms with Gasteiger partial charge in [-0.05, 0) is 24.3 Å². The summed E-state index contributed by atoms with van der Waals surface area (Å²) in [4.78, 5) is 30.0. The van der Waals surface area contributed by atoms with E-state index in [1.807, 2.05) is 24.3 Å². The van der Waals surface area contributed by atoms with E-state index in [1.165, 1.54) is 4.31 Å². The number of nitrogens with zero attached hydrogens (tertiary/aromatic N) is 3. The van der Waals surface area contributed by atoms with E-state index in [-0.39, 0.29) is 25.6 Å². The van der Waals surface area contributed by atoms with Gasteiger partial charge in [-0.1, -0.05) is 11.6 Å². The van der Waals surface area contributed by atoms with Gasteiger partial charge in [-0.3, -0.25) is 9.59 Å². The molecule has 0 aliphatic carbocycles. The van der Waals surface area contributed by atoms with Gasteiger partial charge in [0.1, 0.15) is 0 Å². The minimum Gasteiger partial charge on any atom is -0.368 e. The lowest BCUT2D eigenvalue weighted by molar-refractivity contribution is -0.166. The lowest BCUT2D eigenvalue weighted by Gasteiger charge is -2.41. The third-order valence-electron chi connectivity index (χ3n) is 6.04. The molecular weight excluding hydrogens is 432 g/mol. The number of hydrogen-bond acceptors (Lipinski definition) is 6. The second-order valence-electron chi connectivity index (χ2n) is 7.89. The van der Waals surface area contributed by atoms with Crippen molar-refractivity contribution in [3.63, 3.8) is 0 Å². The van der Waals surface area contributed by atoms with Crippen LogP contribution in [0.25, 0.3) is 0 Å². The average molecular weight is 457 g/mol. The van der Waals surface area contributed by atoms with Crippen molar-refractivity contribution in [2.75, 3.05) is 63.6 Å². The molecule has 1 spiro atoms. The Bertz CT molecular complexity index is 933. The van der Waals surface area contributed by atoms with Crippen LogP contribution in [-0.2, 0) is 24.3 Å². The van der Waals surface area contributed by atoms with E-state index in [1.54, 1.807) is 4.90 Å². The first-order valence-electron chi connectivity index (χ1n) is 9.87. The van der Waals surface area contributed by atoms with Crippen LogP contribution in [0.3, 0.4) is 0 Å². The first-order chi connectivity index (χ1) is 14.2. The molecule has 11 heteroatoms. The van der Waals surface area contributed by atoms with Crippen LogP contribution in [0.2, 0.25) is 5.02 Å². The zero-order chi connectivity index (χ0) is 21.5. The Balaban J connectivity index is 1.50. The Hall–Kier alpha value is -1.88. The lowest BCUT2D eigenvalue weighted by atomic mass is 9.87. The minimum atomic E-state index is -3.56. The normalized spacial score (nSPS) is 28.1. The summed E-state index contributed by atoms with van der Waals surface area (Å²) >= 11 is 5.95. The number of rotatable bonds is 3. The summed E-state index contributed by atoms with van der Waals surface area (Å²) in [5, 5.41) is 3.40. The summed E-state index contributed by atoms with van der Waals surface area (Å²) in [6.07, 6.45) is 1.08. The highest BCUT2D eigenvalue weighted by Crippen LogP contribution is 2.36. The van der Waals surface area contributed by atoms with Crippen molar-refractivity contribution in [1.29, 1.82) is 0 Å². The zero-order valence-corrected chi connectivity index (χ0v) is 18.3. The molecule has 0 aromatic heterocycles. The summed E-state index contributed by atoms with van der Waals surface area (Å²) in [6, 6.07) is 7.54. The Kier molecular flexibility index (Phi) is 5.69. The molecule has 1 N–H and O–H groups in total. The van der Waals surface area contributed by atoms with Crippen LogP contribution in [-0.4, -0.2) is 93.7 Å². The van der Waals surface area contributed by atoms with Gasteiger partial charge >= 0.3 is 0 Å². The predicted molar refractivity (Wildman–Crippen MR) is 112 cm³/mol. The third kappa shape index (κ3) is 3.89. The van der Waals surface area contributed by atoms with Gasteiger partial charge in [0.15, 0.2) is 5.60 Å². The second-order valence-corrected chi connectivity index (χ2v) is 10.3. The maximum Gasteiger partial charge on any atom is 0.254 e. The van der Waals surface area contributed by atoms with Gasteiger partial charge in [0.2, 0.25) is 15.9 Å². The predicted octanol–water partition coefficient (Wildman–Crippen LogP) is -0.235. The second kappa shape index (κ2) is 7.99. The quantitative estimate of drug-likeness (QED) is 0.674. The van der Waals surface area contributed by atoms with Crippen molar-refractivity contribution in [2.45, 2.75) is 5.60 Å². The number of halogens is 1. The first-order valence-corrected chi connectivity index (χ1v) is 12.1. The molecule has 0 unspecified atom stereocenters. The lowest BCUT2D eigenvalue weighted by Crippen LogP contribution is -2.63. The number of sulfonamides is 1. The number of benzene rings is 1. The van der Waals surface area contributed by atoms with Gasteiger partial charge < -0.3 is 19.9 Å². The van der Waals surface area contributed by atoms with E-state index < -0.39 is 27.4 Å². The van der Waals surface area contributed by atoms with Crippen molar-refractivity contribution in [3.05, 3.63) is 29.3 Å². The van der Waals surface area contributed by atoms with Crippen molar-refractivity contribution in [3.8, 4) is 0 Å². The van der Waals surface area contributed by atoms with E-state index in [0.717, 1.165) is 11.9 Å². The van der Waals surface area contributed by atoms with Crippen LogP contribution in [0.15, 0.2) is 24.3 Å². The molecule has 30 heavy (non-hydrogen) atoms. The number of carbonyl (C=O) groups excluding carboxylic acids is 2. The van der Waals surface area contributed by atoms with Crippen molar-refractivity contribution >= 4 is 39.1 Å². The molecule has 3 saturated heterocycles. The molecule has 2 amide bonds. The fraction of sp³-hybridized carbons (Fsp3) is 0.579. The average Bonchev–Trinajstić information content (AvgIpc) is 3.11. The summed E-state index contributed by atoms with van der Waals surface area (Å²) in [5.41, 5.74) is -0.437. The Morgan fingerprint density at radius 1 is 1.20 bits per heavy atom. The van der Waals surface area contributed by atoms with Gasteiger partial charge in [-0.2, -0.15) is 4.31 Å². The van der Waals surface area contributed by atoms with Gasteiger partial charge in [0.25, 0.3) is 5.91 Å². The number of amides is 2. The Labute approximate surface area is 180 Å². The van der Waals surface area contributed by atoms with E-state index in [2.05, 4.69) is 10.2 Å².